The molecule has 6 nitrogen and oxygen atoms in total. The summed E-state index contributed by atoms with van der Waals surface area (Å²) in [7, 11) is 3.16. The first-order valence-electron chi connectivity index (χ1n) is 9.99. The number of methoxy groups -OCH3 is 2. The molecule has 3 rings (SSSR count). The van der Waals surface area contributed by atoms with Crippen LogP contribution < -0.4 is 18.9 Å². The molecule has 0 radical (unpaired) electrons. The highest BCUT2D eigenvalue weighted by molar-refractivity contribution is 8.26. The summed E-state index contributed by atoms with van der Waals surface area (Å²) in [5.41, 5.74) is 0.733. The molecule has 9 heteroatoms. The van der Waals surface area contributed by atoms with E-state index in [0.29, 0.717) is 51.9 Å². The molecule has 170 valence electrons. The van der Waals surface area contributed by atoms with Crippen molar-refractivity contribution < 1.29 is 23.7 Å². The normalized spacial score (nSPS) is 14.8. The van der Waals surface area contributed by atoms with Crippen molar-refractivity contribution >= 4 is 51.9 Å². The van der Waals surface area contributed by atoms with Crippen LogP contribution in [-0.4, -0.2) is 49.1 Å². The molecule has 1 aliphatic heterocycles. The molecule has 1 heterocycles. The fraction of sp³-hybridized carbons (Fsp3) is 0.304. The SMILES string of the molecule is CCN1C(=O)/C(=C\c2cc(Cl)c(OCCCOc3cccc(OC)c3)c(OC)c2)SC1=S. The Hall–Kier alpha value is -2.42. The van der Waals surface area contributed by atoms with E-state index in [1.807, 2.05) is 31.2 Å². The second-order valence-corrected chi connectivity index (χ2v) is 8.77. The molecular formula is C23H24ClNO5S2. The molecule has 1 fully saturated rings. The predicted molar refractivity (Wildman–Crippen MR) is 132 cm³/mol. The van der Waals surface area contributed by atoms with Gasteiger partial charge in [-0.15, -0.1) is 0 Å². The largest absolute Gasteiger partial charge is 0.497 e. The maximum atomic E-state index is 12.4. The lowest BCUT2D eigenvalue weighted by Crippen LogP contribution is -2.27. The van der Waals surface area contributed by atoms with Gasteiger partial charge in [0.05, 0.1) is 37.4 Å². The number of halogens is 1. The second kappa shape index (κ2) is 11.4. The predicted octanol–water partition coefficient (Wildman–Crippen LogP) is 5.43. The Bertz CT molecular complexity index is 1030. The highest BCUT2D eigenvalue weighted by atomic mass is 35.5. The number of hydrogen-bond donors (Lipinski definition) is 0. The van der Waals surface area contributed by atoms with Gasteiger partial charge in [-0.1, -0.05) is 41.6 Å². The number of amides is 1. The number of thiocarbonyl (C=S) groups is 1. The molecule has 0 N–H and O–H groups in total. The number of thioether (sulfide) groups is 1. The fourth-order valence-electron chi connectivity index (χ4n) is 3.00. The van der Waals surface area contributed by atoms with Crippen LogP contribution in [0.5, 0.6) is 23.0 Å². The third kappa shape index (κ3) is 5.88. The van der Waals surface area contributed by atoms with Gasteiger partial charge in [-0.3, -0.25) is 9.69 Å². The van der Waals surface area contributed by atoms with E-state index < -0.39 is 0 Å². The number of ether oxygens (including phenoxy) is 4. The van der Waals surface area contributed by atoms with Crippen LogP contribution in [-0.2, 0) is 4.79 Å². The summed E-state index contributed by atoms with van der Waals surface area (Å²) in [6.45, 7) is 3.31. The van der Waals surface area contributed by atoms with Gasteiger partial charge in [0.2, 0.25) is 0 Å². The van der Waals surface area contributed by atoms with Crippen molar-refractivity contribution in [2.24, 2.45) is 0 Å². The molecule has 0 spiro atoms. The smallest absolute Gasteiger partial charge is 0.266 e. The van der Waals surface area contributed by atoms with Crippen LogP contribution in [0.2, 0.25) is 5.02 Å². The number of likely N-dealkylation sites (N-methyl/N-ethyl adjacent to an activating group) is 1. The Labute approximate surface area is 202 Å². The summed E-state index contributed by atoms with van der Waals surface area (Å²) in [6.07, 6.45) is 2.41. The molecular weight excluding hydrogens is 470 g/mol. The summed E-state index contributed by atoms with van der Waals surface area (Å²) in [4.78, 5) is 14.6. The van der Waals surface area contributed by atoms with Gasteiger partial charge in [-0.05, 0) is 42.8 Å². The van der Waals surface area contributed by atoms with E-state index in [4.69, 9.17) is 42.8 Å². The molecule has 0 atom stereocenters. The van der Waals surface area contributed by atoms with Crippen molar-refractivity contribution in [3.05, 3.63) is 51.9 Å². The standard InChI is InChI=1S/C23H24ClNO5S2/c1-4-25-22(26)20(32-23(25)31)13-15-11-18(24)21(19(12-15)28-3)30-10-6-9-29-17-8-5-7-16(14-17)27-2/h5,7-8,11-14H,4,6,9-10H2,1-3H3/b20-13+. The number of carbonyl (C=O) groups is 1. The van der Waals surface area contributed by atoms with Crippen molar-refractivity contribution in [1.82, 2.24) is 4.90 Å². The first kappa shape index (κ1) is 24.2. The Morgan fingerprint density at radius 2 is 1.84 bits per heavy atom. The van der Waals surface area contributed by atoms with E-state index in [9.17, 15) is 4.79 Å². The van der Waals surface area contributed by atoms with Crippen molar-refractivity contribution in [3.63, 3.8) is 0 Å². The molecule has 0 aliphatic carbocycles. The van der Waals surface area contributed by atoms with Crippen LogP contribution in [0, 0.1) is 0 Å². The summed E-state index contributed by atoms with van der Waals surface area (Å²) in [5.74, 6) is 2.32. The Kier molecular flexibility index (Phi) is 8.67. The third-order valence-electron chi connectivity index (χ3n) is 4.58. The first-order valence-corrected chi connectivity index (χ1v) is 11.6. The van der Waals surface area contributed by atoms with Crippen molar-refractivity contribution in [2.75, 3.05) is 34.0 Å². The summed E-state index contributed by atoms with van der Waals surface area (Å²) in [5, 5.41) is 0.398. The highest BCUT2D eigenvalue weighted by Crippen LogP contribution is 2.39. The minimum absolute atomic E-state index is 0.103. The molecule has 1 amide bonds. The average molecular weight is 494 g/mol. The molecule has 0 aromatic heterocycles. The van der Waals surface area contributed by atoms with E-state index in [1.165, 1.54) is 11.8 Å². The van der Waals surface area contributed by atoms with Crippen molar-refractivity contribution in [1.29, 1.82) is 0 Å². The van der Waals surface area contributed by atoms with Crippen molar-refractivity contribution in [3.8, 4) is 23.0 Å². The van der Waals surface area contributed by atoms with Crippen molar-refractivity contribution in [2.45, 2.75) is 13.3 Å². The second-order valence-electron chi connectivity index (χ2n) is 6.69. The lowest BCUT2D eigenvalue weighted by molar-refractivity contribution is -0.121. The monoisotopic (exact) mass is 493 g/mol. The van der Waals surface area contributed by atoms with Gasteiger partial charge in [0.1, 0.15) is 15.8 Å². The number of hydrogen-bond acceptors (Lipinski definition) is 7. The zero-order chi connectivity index (χ0) is 23.1. The summed E-state index contributed by atoms with van der Waals surface area (Å²) < 4.78 is 22.8. The van der Waals surface area contributed by atoms with Crippen LogP contribution >= 0.6 is 35.6 Å². The molecule has 2 aromatic rings. The average Bonchev–Trinajstić information content (AvgIpc) is 3.06. The van der Waals surface area contributed by atoms with E-state index in [1.54, 1.807) is 37.3 Å². The molecule has 0 bridgehead atoms. The Morgan fingerprint density at radius 3 is 2.53 bits per heavy atom. The summed E-state index contributed by atoms with van der Waals surface area (Å²) in [6, 6.07) is 11.0. The van der Waals surface area contributed by atoms with E-state index in [0.717, 1.165) is 17.1 Å². The zero-order valence-electron chi connectivity index (χ0n) is 18.1. The Balaban J connectivity index is 1.61. The van der Waals surface area contributed by atoms with Crippen LogP contribution in [0.4, 0.5) is 0 Å². The Morgan fingerprint density at radius 1 is 1.09 bits per heavy atom. The molecule has 0 saturated carbocycles. The molecule has 1 aliphatic rings. The summed E-state index contributed by atoms with van der Waals surface area (Å²) >= 11 is 13.0. The maximum Gasteiger partial charge on any atom is 0.266 e. The number of benzene rings is 2. The van der Waals surface area contributed by atoms with Gasteiger partial charge >= 0.3 is 0 Å². The highest BCUT2D eigenvalue weighted by Gasteiger charge is 2.30. The van der Waals surface area contributed by atoms with E-state index in [2.05, 4.69) is 0 Å². The van der Waals surface area contributed by atoms with Gasteiger partial charge in [0.15, 0.2) is 11.5 Å². The van der Waals surface area contributed by atoms with Gasteiger partial charge in [-0.25, -0.2) is 0 Å². The molecule has 1 saturated heterocycles. The van der Waals surface area contributed by atoms with Gasteiger partial charge < -0.3 is 18.9 Å². The molecule has 2 aromatic carbocycles. The minimum atomic E-state index is -0.103. The van der Waals surface area contributed by atoms with Gasteiger partial charge in [0.25, 0.3) is 5.91 Å². The minimum Gasteiger partial charge on any atom is -0.497 e. The quantitative estimate of drug-likeness (QED) is 0.248. The van der Waals surface area contributed by atoms with E-state index in [-0.39, 0.29) is 5.91 Å². The van der Waals surface area contributed by atoms with Crippen LogP contribution in [0.3, 0.4) is 0 Å². The molecule has 0 unspecified atom stereocenters. The van der Waals surface area contributed by atoms with Gasteiger partial charge in [0, 0.05) is 19.0 Å². The first-order chi connectivity index (χ1) is 15.5. The van der Waals surface area contributed by atoms with E-state index >= 15 is 0 Å². The van der Waals surface area contributed by atoms with Gasteiger partial charge in [-0.2, -0.15) is 0 Å². The number of carbonyl (C=O) groups excluding carboxylic acids is 1. The van der Waals surface area contributed by atoms with Crippen LogP contribution in [0.15, 0.2) is 41.3 Å². The van der Waals surface area contributed by atoms with Crippen LogP contribution in [0.1, 0.15) is 18.9 Å². The number of nitrogens with zero attached hydrogens (tertiary/aromatic N) is 1. The third-order valence-corrected chi connectivity index (χ3v) is 6.24. The molecule has 32 heavy (non-hydrogen) atoms. The maximum absolute atomic E-state index is 12.4. The lowest BCUT2D eigenvalue weighted by Gasteiger charge is -2.14. The lowest BCUT2D eigenvalue weighted by atomic mass is 10.1. The number of rotatable bonds is 10. The fourth-order valence-corrected chi connectivity index (χ4v) is 4.66. The topological polar surface area (TPSA) is 57.2 Å². The zero-order valence-corrected chi connectivity index (χ0v) is 20.4. The van der Waals surface area contributed by atoms with Crippen LogP contribution in [0.25, 0.3) is 6.08 Å².